The van der Waals surface area contributed by atoms with Crippen LogP contribution in [-0.2, 0) is 28.0 Å². The predicted octanol–water partition coefficient (Wildman–Crippen LogP) is 3.47. The molecule has 1 saturated heterocycles. The van der Waals surface area contributed by atoms with E-state index in [1.165, 1.54) is 16.9 Å². The molecule has 4 rings (SSSR count). The van der Waals surface area contributed by atoms with Gasteiger partial charge < -0.3 is 14.7 Å². The molecule has 1 aromatic heterocycles. The van der Waals surface area contributed by atoms with Gasteiger partial charge in [0, 0.05) is 30.8 Å². The Labute approximate surface area is 162 Å². The van der Waals surface area contributed by atoms with Gasteiger partial charge in [-0.25, -0.2) is 4.79 Å². The summed E-state index contributed by atoms with van der Waals surface area (Å²) in [6, 6.07) is 11.9. The van der Waals surface area contributed by atoms with Crippen LogP contribution >= 0.6 is 11.3 Å². The summed E-state index contributed by atoms with van der Waals surface area (Å²) in [7, 11) is 0. The predicted molar refractivity (Wildman–Crippen MR) is 103 cm³/mol. The molecule has 3 heterocycles. The second-order valence-electron chi connectivity index (χ2n) is 7.21. The smallest absolute Gasteiger partial charge is 0.345 e. The number of nitrogens with zero attached hydrogens (tertiary/aromatic N) is 1. The van der Waals surface area contributed by atoms with Gasteiger partial charge in [-0.05, 0) is 36.5 Å². The number of fused-ring (bicyclic) bond motifs is 2. The molecule has 1 N–H and O–H groups in total. The van der Waals surface area contributed by atoms with E-state index in [0.29, 0.717) is 31.0 Å². The van der Waals surface area contributed by atoms with Crippen molar-refractivity contribution in [3.8, 4) is 0 Å². The van der Waals surface area contributed by atoms with Crippen LogP contribution in [0.2, 0.25) is 0 Å². The average molecular weight is 385 g/mol. The van der Waals surface area contributed by atoms with Crippen LogP contribution < -0.4 is 0 Å². The molecule has 0 saturated carbocycles. The highest BCUT2D eigenvalue weighted by molar-refractivity contribution is 7.14. The van der Waals surface area contributed by atoms with Crippen molar-refractivity contribution >= 4 is 23.2 Å². The van der Waals surface area contributed by atoms with E-state index in [1.54, 1.807) is 6.07 Å². The third-order valence-electron chi connectivity index (χ3n) is 5.61. The zero-order valence-electron chi connectivity index (χ0n) is 15.1. The standard InChI is InChI=1S/C21H23NO4S/c23-19(7-6-15-4-2-1-3-5-15)22-11-9-21(10-12-22)16-14-18(20(24)25)27-17(16)8-13-26-21/h1-5,14H,6-13H2,(H,24,25). The normalized spacial score (nSPS) is 18.3. The van der Waals surface area contributed by atoms with E-state index in [9.17, 15) is 14.7 Å². The molecular weight excluding hydrogens is 362 g/mol. The van der Waals surface area contributed by atoms with Crippen LogP contribution in [0.4, 0.5) is 0 Å². The van der Waals surface area contributed by atoms with Crippen LogP contribution in [0.25, 0.3) is 0 Å². The fraction of sp³-hybridized carbons (Fsp3) is 0.429. The number of ether oxygens (including phenoxy) is 1. The molecule has 27 heavy (non-hydrogen) atoms. The van der Waals surface area contributed by atoms with Crippen molar-refractivity contribution in [2.24, 2.45) is 0 Å². The summed E-state index contributed by atoms with van der Waals surface area (Å²) < 4.78 is 6.16. The number of carboxylic acids is 1. The summed E-state index contributed by atoms with van der Waals surface area (Å²) in [6.45, 7) is 1.94. The van der Waals surface area contributed by atoms with Gasteiger partial charge in [-0.3, -0.25) is 4.79 Å². The van der Waals surface area contributed by atoms with Gasteiger partial charge in [0.25, 0.3) is 0 Å². The number of benzene rings is 1. The number of carbonyl (C=O) groups excluding carboxylic acids is 1. The summed E-state index contributed by atoms with van der Waals surface area (Å²) >= 11 is 1.36. The average Bonchev–Trinajstić information content (AvgIpc) is 3.14. The van der Waals surface area contributed by atoms with Crippen LogP contribution in [0.5, 0.6) is 0 Å². The third-order valence-corrected chi connectivity index (χ3v) is 6.80. The van der Waals surface area contributed by atoms with Gasteiger partial charge in [0.2, 0.25) is 5.91 Å². The fourth-order valence-electron chi connectivity index (χ4n) is 4.11. The number of aryl methyl sites for hydroxylation is 1. The van der Waals surface area contributed by atoms with Crippen molar-refractivity contribution in [2.75, 3.05) is 19.7 Å². The van der Waals surface area contributed by atoms with Crippen molar-refractivity contribution in [3.05, 3.63) is 57.3 Å². The summed E-state index contributed by atoms with van der Waals surface area (Å²) in [5.41, 5.74) is 1.79. The highest BCUT2D eigenvalue weighted by atomic mass is 32.1. The Kier molecular flexibility index (Phi) is 5.02. The molecule has 2 aliphatic rings. The molecule has 0 aliphatic carbocycles. The van der Waals surface area contributed by atoms with Crippen LogP contribution in [0.1, 0.15) is 44.9 Å². The highest BCUT2D eigenvalue weighted by Crippen LogP contribution is 2.44. The molecule has 2 aliphatic heterocycles. The van der Waals surface area contributed by atoms with Gasteiger partial charge in [0.15, 0.2) is 0 Å². The topological polar surface area (TPSA) is 66.8 Å². The fourth-order valence-corrected chi connectivity index (χ4v) is 5.18. The van der Waals surface area contributed by atoms with Crippen LogP contribution in [0.3, 0.4) is 0 Å². The number of rotatable bonds is 4. The van der Waals surface area contributed by atoms with E-state index in [1.807, 2.05) is 35.2 Å². The van der Waals surface area contributed by atoms with E-state index in [-0.39, 0.29) is 5.91 Å². The Bertz CT molecular complexity index is 837. The highest BCUT2D eigenvalue weighted by Gasteiger charge is 2.43. The minimum Gasteiger partial charge on any atom is -0.477 e. The zero-order valence-corrected chi connectivity index (χ0v) is 16.0. The number of hydrogen-bond acceptors (Lipinski definition) is 4. The second kappa shape index (κ2) is 7.44. The van der Waals surface area contributed by atoms with Gasteiger partial charge >= 0.3 is 5.97 Å². The molecule has 6 heteroatoms. The number of likely N-dealkylation sites (tertiary alicyclic amines) is 1. The van der Waals surface area contributed by atoms with E-state index < -0.39 is 11.6 Å². The molecule has 0 unspecified atom stereocenters. The van der Waals surface area contributed by atoms with Crippen LogP contribution in [-0.4, -0.2) is 41.6 Å². The van der Waals surface area contributed by atoms with Crippen LogP contribution in [0.15, 0.2) is 36.4 Å². The Balaban J connectivity index is 1.40. The van der Waals surface area contributed by atoms with Gasteiger partial charge in [-0.15, -0.1) is 11.3 Å². The monoisotopic (exact) mass is 385 g/mol. The van der Waals surface area contributed by atoms with Gasteiger partial charge in [-0.1, -0.05) is 30.3 Å². The molecule has 2 aromatic rings. The number of hydrogen-bond donors (Lipinski definition) is 1. The lowest BCUT2D eigenvalue weighted by atomic mass is 9.82. The molecule has 142 valence electrons. The van der Waals surface area contributed by atoms with Crippen molar-refractivity contribution < 1.29 is 19.4 Å². The second-order valence-corrected chi connectivity index (χ2v) is 8.35. The van der Waals surface area contributed by atoms with Crippen LogP contribution in [0, 0.1) is 0 Å². The lowest BCUT2D eigenvalue weighted by Gasteiger charge is -2.44. The Hall–Kier alpha value is -2.18. The first-order valence-corrected chi connectivity index (χ1v) is 10.2. The van der Waals surface area contributed by atoms with E-state index in [2.05, 4.69) is 0 Å². The van der Waals surface area contributed by atoms with Gasteiger partial charge in [0.05, 0.1) is 12.2 Å². The first-order valence-electron chi connectivity index (χ1n) is 9.39. The molecule has 5 nitrogen and oxygen atoms in total. The summed E-state index contributed by atoms with van der Waals surface area (Å²) in [4.78, 5) is 27.4. The first kappa shape index (κ1) is 18.2. The minimum atomic E-state index is -0.877. The number of piperidine rings is 1. The molecule has 1 spiro atoms. The third kappa shape index (κ3) is 3.64. The van der Waals surface area contributed by atoms with Crippen molar-refractivity contribution in [3.63, 3.8) is 0 Å². The lowest BCUT2D eigenvalue weighted by Crippen LogP contribution is -2.48. The Morgan fingerprint density at radius 2 is 1.93 bits per heavy atom. The molecule has 1 aromatic carbocycles. The molecule has 0 atom stereocenters. The van der Waals surface area contributed by atoms with Crippen molar-refractivity contribution in [1.82, 2.24) is 4.90 Å². The van der Waals surface area contributed by atoms with Gasteiger partial charge in [0.1, 0.15) is 4.88 Å². The maximum absolute atomic E-state index is 12.6. The Morgan fingerprint density at radius 3 is 2.63 bits per heavy atom. The minimum absolute atomic E-state index is 0.182. The summed E-state index contributed by atoms with van der Waals surface area (Å²) in [5, 5.41) is 9.31. The van der Waals surface area contributed by atoms with Gasteiger partial charge in [-0.2, -0.15) is 0 Å². The summed E-state index contributed by atoms with van der Waals surface area (Å²) in [5.74, 6) is -0.695. The maximum atomic E-state index is 12.6. The Morgan fingerprint density at radius 1 is 1.19 bits per heavy atom. The first-order chi connectivity index (χ1) is 13.1. The van der Waals surface area contributed by atoms with E-state index in [4.69, 9.17) is 4.74 Å². The number of amides is 1. The van der Waals surface area contributed by atoms with Crippen molar-refractivity contribution in [1.29, 1.82) is 0 Å². The number of carbonyl (C=O) groups is 2. The quantitative estimate of drug-likeness (QED) is 0.875. The number of aromatic carboxylic acids is 1. The summed E-state index contributed by atoms with van der Waals surface area (Å²) in [6.07, 6.45) is 3.51. The van der Waals surface area contributed by atoms with E-state index in [0.717, 1.165) is 36.1 Å². The maximum Gasteiger partial charge on any atom is 0.345 e. The molecule has 1 amide bonds. The largest absolute Gasteiger partial charge is 0.477 e. The number of thiophene rings is 1. The number of carboxylic acid groups (broad SMARTS) is 1. The van der Waals surface area contributed by atoms with E-state index >= 15 is 0 Å². The SMILES string of the molecule is O=C(O)c1cc2c(s1)CCOC21CCN(C(=O)CCc2ccccc2)CC1. The lowest BCUT2D eigenvalue weighted by molar-refractivity contribution is -0.140. The molecular formula is C21H23NO4S. The molecule has 0 bridgehead atoms. The molecule has 1 fully saturated rings. The zero-order chi connectivity index (χ0) is 18.9. The van der Waals surface area contributed by atoms with Crippen molar-refractivity contribution in [2.45, 2.75) is 37.7 Å². The molecule has 0 radical (unpaired) electrons.